The van der Waals surface area contributed by atoms with Gasteiger partial charge in [-0.25, -0.2) is 0 Å². The molecule has 0 radical (unpaired) electrons. The molecule has 5 nitrogen and oxygen atoms in total. The van der Waals surface area contributed by atoms with Crippen LogP contribution in [0.1, 0.15) is 24.4 Å². The lowest BCUT2D eigenvalue weighted by Gasteiger charge is -2.14. The number of rotatable bonds is 5. The van der Waals surface area contributed by atoms with Crippen molar-refractivity contribution in [1.82, 2.24) is 20.1 Å². The van der Waals surface area contributed by atoms with Crippen LogP contribution in [0.5, 0.6) is 0 Å². The van der Waals surface area contributed by atoms with E-state index in [2.05, 4.69) is 31.4 Å². The van der Waals surface area contributed by atoms with Gasteiger partial charge in [-0.1, -0.05) is 39.8 Å². The summed E-state index contributed by atoms with van der Waals surface area (Å²) in [7, 11) is 1.89. The quantitative estimate of drug-likeness (QED) is 0.824. The summed E-state index contributed by atoms with van der Waals surface area (Å²) in [6.45, 7) is 3.85. The average Bonchev–Trinajstić information content (AvgIpc) is 2.77. The maximum absolute atomic E-state index is 12.0. The summed E-state index contributed by atoms with van der Waals surface area (Å²) >= 11 is 4.78. The minimum atomic E-state index is -0.0209. The van der Waals surface area contributed by atoms with Crippen LogP contribution in [0.15, 0.2) is 33.9 Å². The number of hydrogen-bond donors (Lipinski definition) is 1. The number of carbonyl (C=O) groups is 1. The third-order valence-corrected chi connectivity index (χ3v) is 4.68. The molecule has 1 N–H and O–H groups in total. The zero-order valence-electron chi connectivity index (χ0n) is 12.1. The van der Waals surface area contributed by atoms with Crippen molar-refractivity contribution in [3.05, 3.63) is 40.1 Å². The molecule has 0 aliphatic carbocycles. The largest absolute Gasteiger partial charge is 0.349 e. The van der Waals surface area contributed by atoms with Crippen LogP contribution >= 0.6 is 27.7 Å². The van der Waals surface area contributed by atoms with Gasteiger partial charge in [-0.05, 0) is 31.5 Å². The number of nitrogens with one attached hydrogen (secondary N) is 1. The van der Waals surface area contributed by atoms with Crippen molar-refractivity contribution in [2.75, 3.05) is 5.75 Å². The van der Waals surface area contributed by atoms with Crippen LogP contribution in [0.2, 0.25) is 0 Å². The van der Waals surface area contributed by atoms with Crippen LogP contribution < -0.4 is 5.32 Å². The Bertz CT molecular complexity index is 626. The molecule has 1 atom stereocenters. The molecule has 0 aliphatic rings. The van der Waals surface area contributed by atoms with E-state index in [1.54, 1.807) is 0 Å². The van der Waals surface area contributed by atoms with Gasteiger partial charge in [0.05, 0.1) is 11.8 Å². The number of aromatic nitrogens is 3. The van der Waals surface area contributed by atoms with Crippen molar-refractivity contribution < 1.29 is 4.79 Å². The number of benzene rings is 1. The Kier molecular flexibility index (Phi) is 5.41. The Balaban J connectivity index is 1.87. The first-order valence-corrected chi connectivity index (χ1v) is 8.29. The fraction of sp³-hybridized carbons (Fsp3) is 0.357. The minimum Gasteiger partial charge on any atom is -0.349 e. The molecule has 0 aliphatic heterocycles. The van der Waals surface area contributed by atoms with E-state index in [9.17, 15) is 4.79 Å². The van der Waals surface area contributed by atoms with E-state index in [4.69, 9.17) is 0 Å². The summed E-state index contributed by atoms with van der Waals surface area (Å²) in [4.78, 5) is 12.0. The third-order valence-electron chi connectivity index (χ3n) is 3.13. The highest BCUT2D eigenvalue weighted by molar-refractivity contribution is 9.10. The highest BCUT2D eigenvalue weighted by Gasteiger charge is 2.12. The third kappa shape index (κ3) is 4.31. The molecule has 0 saturated carbocycles. The Labute approximate surface area is 136 Å². The smallest absolute Gasteiger partial charge is 0.230 e. The van der Waals surface area contributed by atoms with Gasteiger partial charge >= 0.3 is 0 Å². The van der Waals surface area contributed by atoms with Crippen LogP contribution in [0.4, 0.5) is 0 Å². The number of nitrogens with zero attached hydrogens (tertiary/aromatic N) is 3. The molecule has 1 aromatic heterocycles. The van der Waals surface area contributed by atoms with Gasteiger partial charge in [-0.3, -0.25) is 4.79 Å². The van der Waals surface area contributed by atoms with Crippen LogP contribution in [0.3, 0.4) is 0 Å². The molecule has 7 heteroatoms. The van der Waals surface area contributed by atoms with E-state index in [1.807, 2.05) is 49.7 Å². The van der Waals surface area contributed by atoms with Crippen molar-refractivity contribution in [2.45, 2.75) is 25.0 Å². The number of amides is 1. The molecule has 2 rings (SSSR count). The fourth-order valence-corrected chi connectivity index (χ4v) is 2.79. The first kappa shape index (κ1) is 16.0. The second-order valence-corrected chi connectivity index (χ2v) is 6.58. The van der Waals surface area contributed by atoms with Crippen molar-refractivity contribution in [3.63, 3.8) is 0 Å². The standard InChI is InChI=1S/C14H17BrN4OS/c1-9(11-4-6-12(15)7-5-11)16-13(20)8-21-14-18-17-10(2)19(14)3/h4-7,9H,8H2,1-3H3,(H,16,20)/t9-/m1/s1. The van der Waals surface area contributed by atoms with Gasteiger partial charge in [-0.2, -0.15) is 0 Å². The fourth-order valence-electron chi connectivity index (χ4n) is 1.76. The lowest BCUT2D eigenvalue weighted by molar-refractivity contribution is -0.119. The summed E-state index contributed by atoms with van der Waals surface area (Å²) in [5, 5.41) is 11.7. The molecule has 1 aromatic carbocycles. The molecule has 112 valence electrons. The van der Waals surface area contributed by atoms with Gasteiger partial charge in [0.25, 0.3) is 0 Å². The van der Waals surface area contributed by atoms with E-state index in [-0.39, 0.29) is 11.9 Å². The van der Waals surface area contributed by atoms with E-state index < -0.39 is 0 Å². The maximum Gasteiger partial charge on any atom is 0.230 e. The maximum atomic E-state index is 12.0. The first-order valence-electron chi connectivity index (χ1n) is 6.51. The summed E-state index contributed by atoms with van der Waals surface area (Å²) < 4.78 is 2.90. The van der Waals surface area contributed by atoms with Gasteiger partial charge in [0, 0.05) is 11.5 Å². The van der Waals surface area contributed by atoms with Gasteiger partial charge in [0.1, 0.15) is 5.82 Å². The van der Waals surface area contributed by atoms with Crippen molar-refractivity contribution in [2.24, 2.45) is 7.05 Å². The molecular weight excluding hydrogens is 352 g/mol. The number of carbonyl (C=O) groups excluding carboxylic acids is 1. The molecule has 0 fully saturated rings. The number of hydrogen-bond acceptors (Lipinski definition) is 4. The topological polar surface area (TPSA) is 59.8 Å². The van der Waals surface area contributed by atoms with E-state index in [1.165, 1.54) is 11.8 Å². The van der Waals surface area contributed by atoms with Gasteiger partial charge in [0.15, 0.2) is 5.16 Å². The molecule has 0 unspecified atom stereocenters. The van der Waals surface area contributed by atoms with E-state index in [0.717, 1.165) is 21.0 Å². The highest BCUT2D eigenvalue weighted by Crippen LogP contribution is 2.18. The molecule has 0 spiro atoms. The zero-order chi connectivity index (χ0) is 15.4. The second kappa shape index (κ2) is 7.09. The van der Waals surface area contributed by atoms with Crippen LogP contribution in [-0.2, 0) is 11.8 Å². The SMILES string of the molecule is Cc1nnc(SCC(=O)N[C@H](C)c2ccc(Br)cc2)n1C. The Morgan fingerprint density at radius 2 is 2.05 bits per heavy atom. The van der Waals surface area contributed by atoms with Crippen molar-refractivity contribution in [3.8, 4) is 0 Å². The number of aryl methyl sites for hydroxylation is 1. The summed E-state index contributed by atoms with van der Waals surface area (Å²) in [5.41, 5.74) is 1.08. The minimum absolute atomic E-state index is 0.0175. The summed E-state index contributed by atoms with van der Waals surface area (Å²) in [5.74, 6) is 1.14. The predicted molar refractivity (Wildman–Crippen MR) is 87.2 cm³/mol. The van der Waals surface area contributed by atoms with E-state index >= 15 is 0 Å². The number of halogens is 1. The summed E-state index contributed by atoms with van der Waals surface area (Å²) in [6.07, 6.45) is 0. The predicted octanol–water partition coefficient (Wildman–Crippen LogP) is 2.86. The monoisotopic (exact) mass is 368 g/mol. The van der Waals surface area contributed by atoms with Gasteiger partial charge in [0.2, 0.25) is 5.91 Å². The number of thioether (sulfide) groups is 1. The first-order chi connectivity index (χ1) is 9.97. The molecule has 21 heavy (non-hydrogen) atoms. The molecule has 1 amide bonds. The van der Waals surface area contributed by atoms with Crippen molar-refractivity contribution >= 4 is 33.6 Å². The molecular formula is C14H17BrN4OS. The second-order valence-electron chi connectivity index (χ2n) is 4.72. The summed E-state index contributed by atoms with van der Waals surface area (Å²) in [6, 6.07) is 7.90. The normalized spacial score (nSPS) is 12.2. The van der Waals surface area contributed by atoms with Gasteiger partial charge in [-0.15, -0.1) is 10.2 Å². The van der Waals surface area contributed by atoms with Crippen LogP contribution in [-0.4, -0.2) is 26.4 Å². The molecule has 1 heterocycles. The molecule has 0 bridgehead atoms. The lowest BCUT2D eigenvalue weighted by atomic mass is 10.1. The van der Waals surface area contributed by atoms with Gasteiger partial charge < -0.3 is 9.88 Å². The zero-order valence-corrected chi connectivity index (χ0v) is 14.5. The highest BCUT2D eigenvalue weighted by atomic mass is 79.9. The van der Waals surface area contributed by atoms with Crippen molar-refractivity contribution in [1.29, 1.82) is 0 Å². The average molecular weight is 369 g/mol. The Hall–Kier alpha value is -1.34. The van der Waals surface area contributed by atoms with Crippen LogP contribution in [0.25, 0.3) is 0 Å². The lowest BCUT2D eigenvalue weighted by Crippen LogP contribution is -2.28. The molecule has 0 saturated heterocycles. The Morgan fingerprint density at radius 3 is 2.62 bits per heavy atom. The molecule has 2 aromatic rings. The van der Waals surface area contributed by atoms with Crippen LogP contribution in [0, 0.1) is 6.92 Å². The Morgan fingerprint density at radius 1 is 1.38 bits per heavy atom. The van der Waals surface area contributed by atoms with E-state index in [0.29, 0.717) is 5.75 Å².